The summed E-state index contributed by atoms with van der Waals surface area (Å²) in [6, 6.07) is 17.2. The largest absolute Gasteiger partial charge is 0.487 e. The van der Waals surface area contributed by atoms with E-state index in [2.05, 4.69) is 11.9 Å². The molecule has 5 nitrogen and oxygen atoms in total. The van der Waals surface area contributed by atoms with E-state index in [0.717, 1.165) is 23.3 Å². The first-order chi connectivity index (χ1) is 15.9. The maximum absolute atomic E-state index is 12.8. The highest BCUT2D eigenvalue weighted by atomic mass is 35.5. The molecule has 0 aliphatic carbocycles. The van der Waals surface area contributed by atoms with Crippen LogP contribution >= 0.6 is 35.4 Å². The molecule has 8 heteroatoms. The molecule has 1 aromatic heterocycles. The van der Waals surface area contributed by atoms with Crippen molar-refractivity contribution in [3.05, 3.63) is 97.4 Å². The van der Waals surface area contributed by atoms with Gasteiger partial charge in [0.1, 0.15) is 23.9 Å². The Morgan fingerprint density at radius 1 is 1.09 bits per heavy atom. The zero-order valence-corrected chi connectivity index (χ0v) is 20.3. The number of aliphatic imine (C=N–C) groups is 1. The SMILES string of the molecule is CCc1cccc(OCc2c(Cl)cc(Cl)c(=O)n2CCc2ccc(C3=NCC(=S)O3)cc2)c1. The van der Waals surface area contributed by atoms with Gasteiger partial charge in [-0.2, -0.15) is 0 Å². The molecular weight excluding hydrogens is 479 g/mol. The molecule has 1 aliphatic rings. The number of rotatable bonds is 8. The van der Waals surface area contributed by atoms with Gasteiger partial charge in [-0.05, 0) is 66.5 Å². The summed E-state index contributed by atoms with van der Waals surface area (Å²) in [5.74, 6) is 1.27. The average Bonchev–Trinajstić information content (AvgIpc) is 3.26. The Hall–Kier alpha value is -2.67. The molecule has 0 spiro atoms. The summed E-state index contributed by atoms with van der Waals surface area (Å²) < 4.78 is 13.0. The zero-order valence-electron chi connectivity index (χ0n) is 18.0. The second-order valence-corrected chi connectivity index (χ2v) is 8.85. The second-order valence-electron chi connectivity index (χ2n) is 7.58. The van der Waals surface area contributed by atoms with Crippen molar-refractivity contribution in [1.82, 2.24) is 4.57 Å². The standard InChI is InChI=1S/C25H22Cl2N2O3S/c1-2-16-4-3-5-19(12-16)31-15-22-20(26)13-21(27)25(30)29(22)11-10-17-6-8-18(9-7-17)24-28-14-23(33)32-24/h3-9,12-13H,2,10-11,14-15H2,1H3. The minimum Gasteiger partial charge on any atom is -0.487 e. The Morgan fingerprint density at radius 3 is 2.58 bits per heavy atom. The smallest absolute Gasteiger partial charge is 0.269 e. The Kier molecular flexibility index (Phi) is 7.48. The van der Waals surface area contributed by atoms with Crippen LogP contribution in [0.2, 0.25) is 10.0 Å². The molecule has 3 aromatic rings. The minimum absolute atomic E-state index is 0.0828. The van der Waals surface area contributed by atoms with E-state index in [1.807, 2.05) is 48.5 Å². The van der Waals surface area contributed by atoms with Gasteiger partial charge in [0, 0.05) is 12.1 Å². The number of halogens is 2. The van der Waals surface area contributed by atoms with Crippen LogP contribution in [-0.4, -0.2) is 22.1 Å². The van der Waals surface area contributed by atoms with Crippen LogP contribution in [0.4, 0.5) is 0 Å². The molecule has 0 atom stereocenters. The number of hydrogen-bond donors (Lipinski definition) is 0. The van der Waals surface area contributed by atoms with E-state index in [-0.39, 0.29) is 17.2 Å². The normalized spacial score (nSPS) is 13.1. The molecule has 0 radical (unpaired) electrons. The first-order valence-corrected chi connectivity index (χ1v) is 11.7. The quantitative estimate of drug-likeness (QED) is 0.375. The Morgan fingerprint density at radius 2 is 1.88 bits per heavy atom. The topological polar surface area (TPSA) is 52.8 Å². The number of thiocarbonyl (C=S) groups is 1. The van der Waals surface area contributed by atoms with Crippen molar-refractivity contribution in [3.8, 4) is 5.75 Å². The first kappa shape index (κ1) is 23.5. The molecule has 0 unspecified atom stereocenters. The van der Waals surface area contributed by atoms with Crippen molar-refractivity contribution in [2.75, 3.05) is 6.54 Å². The van der Waals surface area contributed by atoms with Gasteiger partial charge in [-0.1, -0.05) is 54.4 Å². The van der Waals surface area contributed by atoms with Gasteiger partial charge in [0.15, 0.2) is 5.05 Å². The molecular formula is C25H22Cl2N2O3S. The van der Waals surface area contributed by atoms with E-state index >= 15 is 0 Å². The molecule has 0 saturated carbocycles. The Balaban J connectivity index is 1.50. The lowest BCUT2D eigenvalue weighted by Gasteiger charge is -2.16. The summed E-state index contributed by atoms with van der Waals surface area (Å²) in [6.07, 6.45) is 1.52. The highest BCUT2D eigenvalue weighted by molar-refractivity contribution is 7.80. The average molecular weight is 501 g/mol. The maximum Gasteiger partial charge on any atom is 0.269 e. The third kappa shape index (κ3) is 5.64. The number of benzene rings is 2. The monoisotopic (exact) mass is 500 g/mol. The molecule has 0 saturated heterocycles. The van der Waals surface area contributed by atoms with E-state index in [1.54, 1.807) is 4.57 Å². The van der Waals surface area contributed by atoms with Crippen LogP contribution in [0.5, 0.6) is 5.75 Å². The number of pyridine rings is 1. The summed E-state index contributed by atoms with van der Waals surface area (Å²) >= 11 is 17.6. The van der Waals surface area contributed by atoms with E-state index < -0.39 is 0 Å². The fraction of sp³-hybridized carbons (Fsp3) is 0.240. The lowest BCUT2D eigenvalue weighted by Crippen LogP contribution is -2.26. The second kappa shape index (κ2) is 10.5. The molecule has 0 N–H and O–H groups in total. The van der Waals surface area contributed by atoms with Crippen LogP contribution in [0.3, 0.4) is 0 Å². The minimum atomic E-state index is -0.291. The molecule has 2 heterocycles. The van der Waals surface area contributed by atoms with Crippen LogP contribution in [0.25, 0.3) is 0 Å². The van der Waals surface area contributed by atoms with Gasteiger partial charge >= 0.3 is 0 Å². The molecule has 4 rings (SSSR count). The predicted molar refractivity (Wildman–Crippen MR) is 136 cm³/mol. The lowest BCUT2D eigenvalue weighted by molar-refractivity contribution is 0.292. The molecule has 33 heavy (non-hydrogen) atoms. The summed E-state index contributed by atoms with van der Waals surface area (Å²) in [4.78, 5) is 17.1. The number of aromatic nitrogens is 1. The van der Waals surface area contributed by atoms with Crippen LogP contribution in [0, 0.1) is 0 Å². The molecule has 0 bridgehead atoms. The number of ether oxygens (including phenoxy) is 2. The van der Waals surface area contributed by atoms with Crippen molar-refractivity contribution in [1.29, 1.82) is 0 Å². The predicted octanol–water partition coefficient (Wildman–Crippen LogP) is 5.64. The molecule has 0 amide bonds. The Bertz CT molecular complexity index is 1270. The van der Waals surface area contributed by atoms with Gasteiger partial charge in [-0.15, -0.1) is 0 Å². The van der Waals surface area contributed by atoms with Gasteiger partial charge in [0.2, 0.25) is 5.90 Å². The summed E-state index contributed by atoms with van der Waals surface area (Å²) in [7, 11) is 0. The van der Waals surface area contributed by atoms with Crippen molar-refractivity contribution in [3.63, 3.8) is 0 Å². The highest BCUT2D eigenvalue weighted by Gasteiger charge is 2.16. The number of nitrogens with zero attached hydrogens (tertiary/aromatic N) is 2. The number of aryl methyl sites for hydroxylation is 2. The third-order valence-electron chi connectivity index (χ3n) is 5.37. The first-order valence-electron chi connectivity index (χ1n) is 10.6. The zero-order chi connectivity index (χ0) is 23.4. The van der Waals surface area contributed by atoms with Crippen molar-refractivity contribution < 1.29 is 9.47 Å². The van der Waals surface area contributed by atoms with Gasteiger partial charge in [0.25, 0.3) is 5.56 Å². The van der Waals surface area contributed by atoms with E-state index in [9.17, 15) is 4.79 Å². The van der Waals surface area contributed by atoms with E-state index in [1.165, 1.54) is 11.6 Å². The highest BCUT2D eigenvalue weighted by Crippen LogP contribution is 2.22. The summed E-state index contributed by atoms with van der Waals surface area (Å²) in [5.41, 5.74) is 3.38. The van der Waals surface area contributed by atoms with Crippen LogP contribution in [-0.2, 0) is 30.7 Å². The van der Waals surface area contributed by atoms with Gasteiger partial charge in [-0.25, -0.2) is 4.99 Å². The van der Waals surface area contributed by atoms with Crippen molar-refractivity contribution in [2.45, 2.75) is 32.9 Å². The van der Waals surface area contributed by atoms with E-state index in [0.29, 0.717) is 41.2 Å². The van der Waals surface area contributed by atoms with Gasteiger partial charge in [0.05, 0.1) is 10.7 Å². The third-order valence-corrected chi connectivity index (χ3v) is 6.18. The fourth-order valence-electron chi connectivity index (χ4n) is 3.54. The summed E-state index contributed by atoms with van der Waals surface area (Å²) in [6.45, 7) is 3.07. The maximum atomic E-state index is 12.8. The summed E-state index contributed by atoms with van der Waals surface area (Å²) in [5, 5.41) is 0.954. The van der Waals surface area contributed by atoms with Crippen LogP contribution < -0.4 is 10.3 Å². The molecule has 1 aliphatic heterocycles. The fourth-order valence-corrected chi connectivity index (χ4v) is 4.22. The van der Waals surface area contributed by atoms with E-state index in [4.69, 9.17) is 44.9 Å². The molecule has 0 fully saturated rings. The van der Waals surface area contributed by atoms with Gasteiger partial charge < -0.3 is 14.0 Å². The van der Waals surface area contributed by atoms with Crippen LogP contribution in [0.15, 0.2) is 64.4 Å². The Labute approximate surface area is 207 Å². The number of hydrogen-bond acceptors (Lipinski definition) is 5. The van der Waals surface area contributed by atoms with Crippen LogP contribution in [0.1, 0.15) is 29.3 Å². The van der Waals surface area contributed by atoms with Gasteiger partial charge in [-0.3, -0.25) is 4.79 Å². The lowest BCUT2D eigenvalue weighted by atomic mass is 10.1. The van der Waals surface area contributed by atoms with Crippen molar-refractivity contribution in [2.24, 2.45) is 4.99 Å². The van der Waals surface area contributed by atoms with Crippen molar-refractivity contribution >= 4 is 46.4 Å². The molecule has 170 valence electrons. The molecule has 2 aromatic carbocycles.